The van der Waals surface area contributed by atoms with Crippen molar-refractivity contribution in [3.05, 3.63) is 65.0 Å². The number of nitrogens with zero attached hydrogens (tertiary/aromatic N) is 1. The lowest BCUT2D eigenvalue weighted by molar-refractivity contribution is -1.01. The fraction of sp³-hybridized carbons (Fsp3) is 0.435. The Balaban J connectivity index is 1.50. The average molecular weight is 422 g/mol. The van der Waals surface area contributed by atoms with Crippen molar-refractivity contribution < 1.29 is 27.8 Å². The highest BCUT2D eigenvalue weighted by atomic mass is 19.4. The third kappa shape index (κ3) is 6.06. The molecule has 2 N–H and O–H groups in total. The van der Waals surface area contributed by atoms with Crippen LogP contribution in [0.5, 0.6) is 0 Å². The number of piperazine rings is 1. The lowest BCUT2D eigenvalue weighted by atomic mass is 10.1. The van der Waals surface area contributed by atoms with E-state index in [-0.39, 0.29) is 5.78 Å². The molecule has 4 nitrogen and oxygen atoms in total. The number of carbonyl (C=O) groups excluding carboxylic acids is 1. The van der Waals surface area contributed by atoms with E-state index in [1.165, 1.54) is 19.9 Å². The number of hydrogen-bond donors (Lipinski definition) is 2. The molecule has 1 fully saturated rings. The third-order valence-corrected chi connectivity index (χ3v) is 5.80. The van der Waals surface area contributed by atoms with Gasteiger partial charge in [0.15, 0.2) is 0 Å². The highest BCUT2D eigenvalue weighted by Crippen LogP contribution is 2.23. The Bertz CT molecular complexity index is 879. The monoisotopic (exact) mass is 421 g/mol. The van der Waals surface area contributed by atoms with E-state index in [2.05, 4.69) is 24.3 Å². The molecular weight excluding hydrogens is 391 g/mol. The maximum Gasteiger partial charge on any atom is 0.406 e. The van der Waals surface area contributed by atoms with Gasteiger partial charge in [-0.1, -0.05) is 36.4 Å². The summed E-state index contributed by atoms with van der Waals surface area (Å²) in [6, 6.07) is 11.8. The van der Waals surface area contributed by atoms with E-state index in [0.29, 0.717) is 23.5 Å². The van der Waals surface area contributed by atoms with Gasteiger partial charge < -0.3 is 14.4 Å². The Morgan fingerprint density at radius 3 is 2.33 bits per heavy atom. The first-order valence-electron chi connectivity index (χ1n) is 10.4. The van der Waals surface area contributed by atoms with Crippen molar-refractivity contribution in [3.8, 4) is 0 Å². The molecule has 1 aromatic heterocycles. The zero-order valence-corrected chi connectivity index (χ0v) is 17.6. The molecule has 0 aliphatic carbocycles. The highest BCUT2D eigenvalue weighted by Gasteiger charge is 2.31. The molecule has 0 amide bonds. The van der Waals surface area contributed by atoms with Crippen molar-refractivity contribution in [2.24, 2.45) is 0 Å². The van der Waals surface area contributed by atoms with Crippen molar-refractivity contribution in [2.75, 3.05) is 39.3 Å². The van der Waals surface area contributed by atoms with Crippen LogP contribution < -0.4 is 9.80 Å². The van der Waals surface area contributed by atoms with Gasteiger partial charge in [-0.05, 0) is 31.6 Å². The van der Waals surface area contributed by atoms with Gasteiger partial charge in [0.1, 0.15) is 39.3 Å². The zero-order valence-electron chi connectivity index (χ0n) is 17.6. The molecule has 1 saturated heterocycles. The summed E-state index contributed by atoms with van der Waals surface area (Å²) in [6.45, 7) is 7.20. The molecule has 1 aliphatic heterocycles. The average Bonchev–Trinajstić information content (AvgIpc) is 2.97. The third-order valence-electron chi connectivity index (χ3n) is 5.80. The van der Waals surface area contributed by atoms with Crippen molar-refractivity contribution in [1.29, 1.82) is 0 Å². The summed E-state index contributed by atoms with van der Waals surface area (Å²) in [7, 11) is 0. The number of alkyl halides is 3. The van der Waals surface area contributed by atoms with E-state index in [1.807, 2.05) is 18.2 Å². The molecule has 0 radical (unpaired) electrons. The number of aromatic nitrogens is 1. The van der Waals surface area contributed by atoms with Crippen LogP contribution in [0.15, 0.2) is 42.5 Å². The van der Waals surface area contributed by atoms with Gasteiger partial charge in [0.25, 0.3) is 0 Å². The predicted octanol–water partition coefficient (Wildman–Crippen LogP) is 1.35. The normalized spacial score (nSPS) is 20.0. The van der Waals surface area contributed by atoms with Gasteiger partial charge in [-0.25, -0.2) is 0 Å². The van der Waals surface area contributed by atoms with Crippen LogP contribution in [-0.2, 0) is 6.54 Å². The molecule has 3 rings (SSSR count). The Morgan fingerprint density at radius 2 is 1.70 bits per heavy atom. The Labute approximate surface area is 175 Å². The first kappa shape index (κ1) is 22.3. The minimum Gasteiger partial charge on any atom is -0.339 e. The number of nitrogens with one attached hydrogen (secondary N) is 2. The van der Waals surface area contributed by atoms with Gasteiger partial charge in [-0.2, -0.15) is 13.2 Å². The summed E-state index contributed by atoms with van der Waals surface area (Å²) >= 11 is 0. The fourth-order valence-corrected chi connectivity index (χ4v) is 4.09. The summed E-state index contributed by atoms with van der Waals surface area (Å²) in [5.74, 6) is -0.0704. The van der Waals surface area contributed by atoms with Gasteiger partial charge in [-0.3, -0.25) is 4.79 Å². The Morgan fingerprint density at radius 1 is 1.07 bits per heavy atom. The number of aryl methyl sites for hydroxylation is 1. The number of carbonyl (C=O) groups is 1. The minimum absolute atomic E-state index is 0.0704. The highest BCUT2D eigenvalue weighted by molar-refractivity contribution is 5.98. The number of quaternary nitrogens is 2. The fourth-order valence-electron chi connectivity index (χ4n) is 4.09. The molecule has 7 heteroatoms. The summed E-state index contributed by atoms with van der Waals surface area (Å²) in [4.78, 5) is 15.4. The first-order chi connectivity index (χ1) is 14.2. The van der Waals surface area contributed by atoms with Gasteiger partial charge in [-0.15, -0.1) is 0 Å². The lowest BCUT2D eigenvalue weighted by Gasteiger charge is -2.28. The molecule has 0 spiro atoms. The van der Waals surface area contributed by atoms with Gasteiger partial charge in [0.05, 0.1) is 6.54 Å². The molecule has 1 aliphatic rings. The number of hydrogen-bond acceptors (Lipinski definition) is 1. The van der Waals surface area contributed by atoms with Crippen LogP contribution in [0.3, 0.4) is 0 Å². The van der Waals surface area contributed by atoms with Crippen LogP contribution >= 0.6 is 0 Å². The van der Waals surface area contributed by atoms with Crippen LogP contribution in [0.1, 0.15) is 27.3 Å². The standard InChI is InChI=1S/C23H28F3N3O/c1-18-15-21(19(2)29(18)17-23(24,25)26)22(30)16-28-13-11-27(12-14-28)10-6-9-20-7-4-3-5-8-20/h3-9,15H,10-14,16-17H2,1-2H3/p+2/b9-6+. The van der Waals surface area contributed by atoms with Crippen LogP contribution in [0.2, 0.25) is 0 Å². The molecular formula is C23H30F3N3O+2. The second-order valence-electron chi connectivity index (χ2n) is 8.10. The zero-order chi connectivity index (χ0) is 21.7. The second-order valence-corrected chi connectivity index (χ2v) is 8.10. The molecule has 30 heavy (non-hydrogen) atoms. The Kier molecular flexibility index (Phi) is 7.15. The van der Waals surface area contributed by atoms with Crippen LogP contribution in [-0.4, -0.2) is 55.8 Å². The van der Waals surface area contributed by atoms with E-state index in [1.54, 1.807) is 19.9 Å². The van der Waals surface area contributed by atoms with E-state index >= 15 is 0 Å². The van der Waals surface area contributed by atoms with E-state index in [9.17, 15) is 18.0 Å². The first-order valence-corrected chi connectivity index (χ1v) is 10.4. The molecule has 0 bridgehead atoms. The minimum atomic E-state index is -4.30. The summed E-state index contributed by atoms with van der Waals surface area (Å²) in [6.07, 6.45) is 0.0248. The molecule has 2 heterocycles. The number of ketones is 1. The molecule has 162 valence electrons. The van der Waals surface area contributed by atoms with E-state index < -0.39 is 12.7 Å². The number of benzene rings is 1. The number of rotatable bonds is 7. The summed E-state index contributed by atoms with van der Waals surface area (Å²) in [5.41, 5.74) is 2.49. The van der Waals surface area contributed by atoms with Gasteiger partial charge in [0, 0.05) is 17.0 Å². The maximum atomic E-state index is 12.8. The largest absolute Gasteiger partial charge is 0.406 e. The van der Waals surface area contributed by atoms with Crippen molar-refractivity contribution >= 4 is 11.9 Å². The van der Waals surface area contributed by atoms with Crippen LogP contribution in [0.25, 0.3) is 6.08 Å². The smallest absolute Gasteiger partial charge is 0.339 e. The van der Waals surface area contributed by atoms with Crippen LogP contribution in [0.4, 0.5) is 13.2 Å². The molecule has 0 atom stereocenters. The number of halogens is 3. The maximum absolute atomic E-state index is 12.8. The summed E-state index contributed by atoms with van der Waals surface area (Å²) in [5, 5.41) is 0. The Hall–Kier alpha value is -2.38. The van der Waals surface area contributed by atoms with Crippen molar-refractivity contribution in [3.63, 3.8) is 0 Å². The predicted molar refractivity (Wildman–Crippen MR) is 111 cm³/mol. The number of Topliss-reactive ketones (excluding diaryl/α,β-unsaturated/α-hetero) is 1. The van der Waals surface area contributed by atoms with E-state index in [4.69, 9.17) is 0 Å². The molecule has 2 aromatic rings. The SMILES string of the molecule is Cc1cc(C(=O)C[NH+]2CC[NH+](C/C=C/c3ccccc3)CC2)c(C)n1CC(F)(F)F. The lowest BCUT2D eigenvalue weighted by Crippen LogP contribution is -3.28. The van der Waals surface area contributed by atoms with Gasteiger partial charge in [0.2, 0.25) is 5.78 Å². The molecule has 1 aromatic carbocycles. The van der Waals surface area contributed by atoms with E-state index in [0.717, 1.165) is 32.7 Å². The summed E-state index contributed by atoms with van der Waals surface area (Å²) < 4.78 is 39.6. The second kappa shape index (κ2) is 9.62. The van der Waals surface area contributed by atoms with Gasteiger partial charge >= 0.3 is 6.18 Å². The van der Waals surface area contributed by atoms with Crippen molar-refractivity contribution in [1.82, 2.24) is 4.57 Å². The molecule has 0 saturated carbocycles. The quantitative estimate of drug-likeness (QED) is 0.650. The molecule has 0 unspecified atom stereocenters. The van der Waals surface area contributed by atoms with Crippen LogP contribution in [0, 0.1) is 13.8 Å². The topological polar surface area (TPSA) is 30.9 Å². The van der Waals surface area contributed by atoms with Crippen molar-refractivity contribution in [2.45, 2.75) is 26.6 Å².